The van der Waals surface area contributed by atoms with Crippen LogP contribution in [0.1, 0.15) is 32.0 Å². The number of benzene rings is 1. The lowest BCUT2D eigenvalue weighted by atomic mass is 10.0. The number of aromatic nitrogens is 2. The maximum Gasteiger partial charge on any atom is 0.423 e. The molecule has 10 heteroatoms. The molecule has 1 aromatic carbocycles. The molecule has 0 spiro atoms. The molecule has 0 bridgehead atoms. The summed E-state index contributed by atoms with van der Waals surface area (Å²) in [5, 5.41) is -0.0280. The zero-order valence-electron chi connectivity index (χ0n) is 19.2. The number of pyridine rings is 1. The standard InChI is InChI=1S/C23H25F3N4O3/c1-13-18(23(24,25)26)17-11-15(12-27-19(17)28-13)14-7-9-16(10-8-14)30(20(31)29(5)6)21(32)33-22(2,3)4/h7-12H,1-6H3,(H,27,28). The maximum atomic E-state index is 13.5. The zero-order valence-corrected chi connectivity index (χ0v) is 19.2. The fourth-order valence-electron chi connectivity index (χ4n) is 3.32. The highest BCUT2D eigenvalue weighted by atomic mass is 19.4. The highest BCUT2D eigenvalue weighted by Gasteiger charge is 2.36. The minimum absolute atomic E-state index is 0.00676. The van der Waals surface area contributed by atoms with Gasteiger partial charge in [0.25, 0.3) is 0 Å². The molecule has 2 heterocycles. The molecule has 3 aromatic rings. The first-order chi connectivity index (χ1) is 15.2. The summed E-state index contributed by atoms with van der Waals surface area (Å²) in [6.45, 7) is 6.42. The van der Waals surface area contributed by atoms with E-state index in [4.69, 9.17) is 4.74 Å². The van der Waals surface area contributed by atoms with E-state index in [1.807, 2.05) is 0 Å². The van der Waals surface area contributed by atoms with Gasteiger partial charge in [-0.3, -0.25) is 0 Å². The van der Waals surface area contributed by atoms with Gasteiger partial charge in [-0.05, 0) is 51.5 Å². The zero-order chi connectivity index (χ0) is 24.7. The van der Waals surface area contributed by atoms with Gasteiger partial charge >= 0.3 is 18.3 Å². The fraction of sp³-hybridized carbons (Fsp3) is 0.348. The molecular formula is C23H25F3N4O3. The van der Waals surface area contributed by atoms with Crippen LogP contribution < -0.4 is 4.90 Å². The van der Waals surface area contributed by atoms with Crippen LogP contribution in [-0.2, 0) is 10.9 Å². The predicted octanol–water partition coefficient (Wildman–Crippen LogP) is 5.98. The molecule has 33 heavy (non-hydrogen) atoms. The van der Waals surface area contributed by atoms with E-state index in [0.29, 0.717) is 11.1 Å². The summed E-state index contributed by atoms with van der Waals surface area (Å²) >= 11 is 0. The smallest absolute Gasteiger partial charge is 0.423 e. The van der Waals surface area contributed by atoms with Crippen LogP contribution in [0.15, 0.2) is 36.5 Å². The van der Waals surface area contributed by atoms with Crippen LogP contribution in [-0.4, -0.2) is 46.7 Å². The Balaban J connectivity index is 2.00. The number of fused-ring (bicyclic) bond motifs is 1. The number of amides is 3. The van der Waals surface area contributed by atoms with E-state index in [2.05, 4.69) is 9.97 Å². The Morgan fingerprint density at radius 1 is 1.03 bits per heavy atom. The predicted molar refractivity (Wildman–Crippen MR) is 119 cm³/mol. The third kappa shape index (κ3) is 5.10. The van der Waals surface area contributed by atoms with E-state index in [0.717, 1.165) is 4.90 Å². The van der Waals surface area contributed by atoms with Crippen LogP contribution in [0.5, 0.6) is 0 Å². The van der Waals surface area contributed by atoms with Crippen LogP contribution >= 0.6 is 0 Å². The largest absolute Gasteiger partial charge is 0.443 e. The molecule has 0 aliphatic heterocycles. The average Bonchev–Trinajstić information content (AvgIpc) is 3.02. The summed E-state index contributed by atoms with van der Waals surface area (Å²) in [6.07, 6.45) is -3.90. The Kier molecular flexibility index (Phi) is 6.14. The van der Waals surface area contributed by atoms with E-state index < -0.39 is 29.5 Å². The number of alkyl halides is 3. The lowest BCUT2D eigenvalue weighted by Gasteiger charge is -2.28. The van der Waals surface area contributed by atoms with Crippen molar-refractivity contribution in [3.05, 3.63) is 47.8 Å². The van der Waals surface area contributed by atoms with Crippen molar-refractivity contribution in [3.8, 4) is 11.1 Å². The van der Waals surface area contributed by atoms with Gasteiger partial charge in [-0.1, -0.05) is 12.1 Å². The molecule has 1 N–H and O–H groups in total. The lowest BCUT2D eigenvalue weighted by Crippen LogP contribution is -2.45. The third-order valence-electron chi connectivity index (χ3n) is 4.73. The van der Waals surface area contributed by atoms with Crippen LogP contribution in [0.2, 0.25) is 0 Å². The first-order valence-electron chi connectivity index (χ1n) is 10.1. The van der Waals surface area contributed by atoms with Crippen LogP contribution in [0.3, 0.4) is 0 Å². The van der Waals surface area contributed by atoms with Gasteiger partial charge in [0.05, 0.1) is 11.3 Å². The Morgan fingerprint density at radius 3 is 2.15 bits per heavy atom. The number of carbonyl (C=O) groups is 2. The first-order valence-corrected chi connectivity index (χ1v) is 10.1. The molecule has 7 nitrogen and oxygen atoms in total. The van der Waals surface area contributed by atoms with Crippen LogP contribution in [0.4, 0.5) is 28.4 Å². The molecule has 0 aliphatic carbocycles. The molecule has 0 fully saturated rings. The number of aryl methyl sites for hydroxylation is 1. The van der Waals surface area contributed by atoms with Crippen molar-refractivity contribution in [2.45, 2.75) is 39.5 Å². The Morgan fingerprint density at radius 2 is 1.64 bits per heavy atom. The van der Waals surface area contributed by atoms with E-state index >= 15 is 0 Å². The number of imide groups is 1. The maximum absolute atomic E-state index is 13.5. The summed E-state index contributed by atoms with van der Waals surface area (Å²) in [4.78, 5) is 34.2. The van der Waals surface area contributed by atoms with E-state index in [1.165, 1.54) is 50.3 Å². The molecule has 0 radical (unpaired) electrons. The second-order valence-corrected chi connectivity index (χ2v) is 8.78. The first kappa shape index (κ1) is 24.1. The molecular weight excluding hydrogens is 437 g/mol. The monoisotopic (exact) mass is 462 g/mol. The van der Waals surface area contributed by atoms with Crippen molar-refractivity contribution in [1.82, 2.24) is 14.9 Å². The third-order valence-corrected chi connectivity index (χ3v) is 4.73. The number of H-pyrrole nitrogens is 1. The fourth-order valence-corrected chi connectivity index (χ4v) is 3.32. The number of ether oxygens (including phenoxy) is 1. The summed E-state index contributed by atoms with van der Waals surface area (Å²) in [5.41, 5.74) is -0.137. The van der Waals surface area contributed by atoms with Crippen molar-refractivity contribution < 1.29 is 27.5 Å². The minimum atomic E-state index is -4.52. The van der Waals surface area contributed by atoms with Crippen molar-refractivity contribution in [1.29, 1.82) is 0 Å². The second kappa shape index (κ2) is 8.42. The van der Waals surface area contributed by atoms with Gasteiger partial charge in [0.1, 0.15) is 11.2 Å². The van der Waals surface area contributed by atoms with Crippen molar-refractivity contribution in [3.63, 3.8) is 0 Å². The SMILES string of the molecule is Cc1[nH]c2ncc(-c3ccc(N(C(=O)OC(C)(C)C)C(=O)N(C)C)cc3)cc2c1C(F)(F)F. The number of carbonyl (C=O) groups excluding carboxylic acids is 2. The van der Waals surface area contributed by atoms with Gasteiger partial charge in [0.15, 0.2) is 0 Å². The molecule has 176 valence electrons. The molecule has 2 aromatic heterocycles. The molecule has 0 aliphatic rings. The molecule has 3 amide bonds. The Bertz CT molecular complexity index is 1190. The van der Waals surface area contributed by atoms with Crippen LogP contribution in [0, 0.1) is 6.92 Å². The quantitative estimate of drug-likeness (QED) is 0.508. The van der Waals surface area contributed by atoms with Crippen molar-refractivity contribution >= 4 is 28.8 Å². The summed E-state index contributed by atoms with van der Waals surface area (Å²) < 4.78 is 45.8. The van der Waals surface area contributed by atoms with Gasteiger partial charge in [-0.2, -0.15) is 18.1 Å². The van der Waals surface area contributed by atoms with Gasteiger partial charge in [0.2, 0.25) is 0 Å². The van der Waals surface area contributed by atoms with E-state index in [1.54, 1.807) is 32.9 Å². The average molecular weight is 462 g/mol. The summed E-state index contributed by atoms with van der Waals surface area (Å²) in [6, 6.07) is 7.07. The highest BCUT2D eigenvalue weighted by Crippen LogP contribution is 2.38. The summed E-state index contributed by atoms with van der Waals surface area (Å²) in [7, 11) is 3.01. The topological polar surface area (TPSA) is 78.5 Å². The van der Waals surface area contributed by atoms with Gasteiger partial charge < -0.3 is 14.6 Å². The number of hydrogen-bond donors (Lipinski definition) is 1. The molecule has 0 atom stereocenters. The second-order valence-electron chi connectivity index (χ2n) is 8.78. The molecule has 0 saturated heterocycles. The summed E-state index contributed by atoms with van der Waals surface area (Å²) in [5.74, 6) is 0. The number of rotatable bonds is 2. The molecule has 0 saturated carbocycles. The van der Waals surface area contributed by atoms with E-state index in [-0.39, 0.29) is 22.4 Å². The number of hydrogen-bond acceptors (Lipinski definition) is 4. The number of nitrogens with zero attached hydrogens (tertiary/aromatic N) is 3. The lowest BCUT2D eigenvalue weighted by molar-refractivity contribution is -0.136. The number of halogens is 3. The highest BCUT2D eigenvalue weighted by molar-refractivity contribution is 6.11. The Labute approximate surface area is 189 Å². The van der Waals surface area contributed by atoms with Crippen molar-refractivity contribution in [2.75, 3.05) is 19.0 Å². The minimum Gasteiger partial charge on any atom is -0.443 e. The van der Waals surface area contributed by atoms with Gasteiger partial charge in [0, 0.05) is 36.9 Å². The number of aromatic amines is 1. The Hall–Kier alpha value is -3.56. The van der Waals surface area contributed by atoms with E-state index in [9.17, 15) is 22.8 Å². The number of urea groups is 1. The van der Waals surface area contributed by atoms with Crippen LogP contribution in [0.25, 0.3) is 22.2 Å². The molecule has 3 rings (SSSR count). The normalized spacial score (nSPS) is 12.0. The number of nitrogens with one attached hydrogen (secondary N) is 1. The molecule has 0 unspecified atom stereocenters. The van der Waals surface area contributed by atoms with Gasteiger partial charge in [-0.25, -0.2) is 14.6 Å². The number of anilines is 1. The van der Waals surface area contributed by atoms with Crippen molar-refractivity contribution in [2.24, 2.45) is 0 Å². The van der Waals surface area contributed by atoms with Gasteiger partial charge in [-0.15, -0.1) is 0 Å².